The Hall–Kier alpha value is -2.41. The van der Waals surface area contributed by atoms with Crippen LogP contribution >= 0.6 is 35.6 Å². The molecule has 0 bridgehead atoms. The van der Waals surface area contributed by atoms with Gasteiger partial charge in [-0.15, -0.1) is 17.7 Å². The van der Waals surface area contributed by atoms with Gasteiger partial charge in [-0.05, 0) is 23.8 Å². The van der Waals surface area contributed by atoms with Crippen LogP contribution in [0.25, 0.3) is 6.08 Å². The molecule has 1 aliphatic heterocycles. The topological polar surface area (TPSA) is 46.7 Å². The third-order valence-corrected chi connectivity index (χ3v) is 5.92. The number of nitrogens with zero attached hydrogens (tertiary/aromatic N) is 3. The zero-order chi connectivity index (χ0) is 18.8. The first-order valence-electron chi connectivity index (χ1n) is 8.17. The number of thiol groups is 1. The van der Waals surface area contributed by atoms with E-state index in [-0.39, 0.29) is 4.87 Å². The van der Waals surface area contributed by atoms with Gasteiger partial charge in [-0.1, -0.05) is 65.4 Å². The van der Waals surface area contributed by atoms with Gasteiger partial charge in [0.15, 0.2) is 0 Å². The normalized spacial score (nSPS) is 14.7. The van der Waals surface area contributed by atoms with Gasteiger partial charge in [0.05, 0.1) is 22.7 Å². The van der Waals surface area contributed by atoms with E-state index in [2.05, 4.69) is 22.8 Å². The molecule has 0 fully saturated rings. The molecular weight excluding hydrogens is 398 g/mol. The van der Waals surface area contributed by atoms with Crippen LogP contribution in [-0.4, -0.2) is 16.5 Å². The van der Waals surface area contributed by atoms with Crippen LogP contribution in [0.5, 0.6) is 0 Å². The second kappa shape index (κ2) is 7.68. The van der Waals surface area contributed by atoms with Crippen molar-refractivity contribution >= 4 is 53.6 Å². The average Bonchev–Trinajstić information content (AvgIpc) is 3.24. The fourth-order valence-corrected chi connectivity index (χ4v) is 4.15. The molecule has 4 nitrogen and oxygen atoms in total. The monoisotopic (exact) mass is 411 g/mol. The molecule has 4 rings (SSSR count). The Kier molecular flexibility index (Phi) is 5.11. The maximum Gasteiger partial charge on any atom is 0.308 e. The van der Waals surface area contributed by atoms with E-state index in [1.165, 1.54) is 0 Å². The number of rotatable bonds is 4. The smallest absolute Gasteiger partial charge is 0.289 e. The van der Waals surface area contributed by atoms with Crippen LogP contribution in [0.15, 0.2) is 80.2 Å². The molecule has 27 heavy (non-hydrogen) atoms. The largest absolute Gasteiger partial charge is 0.308 e. The lowest BCUT2D eigenvalue weighted by molar-refractivity contribution is 0.713. The maximum atomic E-state index is 12.5. The van der Waals surface area contributed by atoms with Gasteiger partial charge in [-0.3, -0.25) is 9.36 Å². The first-order valence-corrected chi connectivity index (χ1v) is 9.81. The molecule has 0 N–H and O–H groups in total. The van der Waals surface area contributed by atoms with Gasteiger partial charge in [0.25, 0.3) is 0 Å². The number of allylic oxidation sites excluding steroid dienone is 1. The van der Waals surface area contributed by atoms with Crippen LogP contribution in [0.3, 0.4) is 0 Å². The van der Waals surface area contributed by atoms with Crippen molar-refractivity contribution in [2.24, 2.45) is 10.2 Å². The molecule has 0 amide bonds. The molecule has 3 aromatic rings. The summed E-state index contributed by atoms with van der Waals surface area (Å²) in [7, 11) is 0. The molecule has 2 heterocycles. The minimum atomic E-state index is -0.0602. The molecule has 0 saturated carbocycles. The molecule has 2 aromatic carbocycles. The molecule has 0 unspecified atom stereocenters. The summed E-state index contributed by atoms with van der Waals surface area (Å²) in [5.74, 6) is 0. The summed E-state index contributed by atoms with van der Waals surface area (Å²) in [6.07, 6.45) is 3.61. The highest BCUT2D eigenvalue weighted by Crippen LogP contribution is 2.24. The van der Waals surface area contributed by atoms with Crippen molar-refractivity contribution in [1.82, 2.24) is 4.57 Å². The summed E-state index contributed by atoms with van der Waals surface area (Å²) in [4.78, 5) is 13.2. The third-order valence-electron chi connectivity index (χ3n) is 4.11. The fraction of sp³-hybridized carbons (Fsp3) is 0.0500. The number of thiazole rings is 1. The summed E-state index contributed by atoms with van der Waals surface area (Å²) in [6.45, 7) is 0.447. The van der Waals surface area contributed by atoms with Gasteiger partial charge in [0.2, 0.25) is 0 Å². The number of hydrogen-bond donors (Lipinski definition) is 1. The quantitative estimate of drug-likeness (QED) is 0.617. The van der Waals surface area contributed by atoms with Crippen molar-refractivity contribution in [3.63, 3.8) is 0 Å². The third kappa shape index (κ3) is 3.83. The Morgan fingerprint density at radius 2 is 1.85 bits per heavy atom. The molecule has 7 heteroatoms. The lowest BCUT2D eigenvalue weighted by Crippen LogP contribution is -2.14. The molecule has 0 spiro atoms. The Bertz CT molecular complexity index is 1130. The average molecular weight is 412 g/mol. The van der Waals surface area contributed by atoms with Crippen molar-refractivity contribution in [3.05, 3.63) is 90.9 Å². The van der Waals surface area contributed by atoms with Crippen LogP contribution < -0.4 is 4.87 Å². The molecule has 0 radical (unpaired) electrons. The van der Waals surface area contributed by atoms with Crippen LogP contribution in [0.1, 0.15) is 16.0 Å². The number of hydrogen-bond acceptors (Lipinski definition) is 5. The highest BCUT2D eigenvalue weighted by atomic mass is 35.5. The van der Waals surface area contributed by atoms with E-state index >= 15 is 0 Å². The van der Waals surface area contributed by atoms with Crippen LogP contribution in [0.4, 0.5) is 0 Å². The predicted molar refractivity (Wildman–Crippen MR) is 116 cm³/mol. The van der Waals surface area contributed by atoms with E-state index in [1.807, 2.05) is 60.7 Å². The first-order chi connectivity index (χ1) is 13.1. The van der Waals surface area contributed by atoms with Crippen LogP contribution in [0, 0.1) is 0 Å². The second-order valence-corrected chi connectivity index (χ2v) is 7.78. The zero-order valence-corrected chi connectivity index (χ0v) is 16.5. The Morgan fingerprint density at radius 1 is 1.11 bits per heavy atom. The molecule has 0 saturated heterocycles. The molecule has 0 aliphatic carbocycles. The van der Waals surface area contributed by atoms with Crippen LogP contribution in [0.2, 0.25) is 5.02 Å². The van der Waals surface area contributed by atoms with Gasteiger partial charge >= 0.3 is 4.87 Å². The Morgan fingerprint density at radius 3 is 2.59 bits per heavy atom. The lowest BCUT2D eigenvalue weighted by Gasteiger charge is -2.05. The highest BCUT2D eigenvalue weighted by molar-refractivity contribution is 7.80. The van der Waals surface area contributed by atoms with Crippen LogP contribution in [-0.2, 0) is 6.54 Å². The standard InChI is InChI=1S/C20H14ClN3OS2/c21-16-8-6-13(7-9-16)12-24-19(26)17(27-20(24)25)10-15-11-22-23-18(15)14-4-2-1-3-5-14/h1-11,26H,12H2. The summed E-state index contributed by atoms with van der Waals surface area (Å²) in [5.41, 5.74) is 3.61. The van der Waals surface area contributed by atoms with E-state index in [0.717, 1.165) is 38.6 Å². The van der Waals surface area contributed by atoms with Gasteiger partial charge in [-0.25, -0.2) is 0 Å². The van der Waals surface area contributed by atoms with E-state index in [1.54, 1.807) is 10.8 Å². The van der Waals surface area contributed by atoms with Crippen molar-refractivity contribution in [2.75, 3.05) is 0 Å². The lowest BCUT2D eigenvalue weighted by atomic mass is 10.0. The van der Waals surface area contributed by atoms with E-state index in [0.29, 0.717) is 16.6 Å². The number of benzene rings is 2. The number of aromatic nitrogens is 1. The van der Waals surface area contributed by atoms with Gasteiger partial charge in [0.1, 0.15) is 5.71 Å². The molecular formula is C20H14ClN3OS2. The maximum absolute atomic E-state index is 12.5. The molecule has 1 aliphatic rings. The minimum Gasteiger partial charge on any atom is -0.289 e. The fourth-order valence-electron chi connectivity index (χ4n) is 2.76. The highest BCUT2D eigenvalue weighted by Gasteiger charge is 2.16. The Labute approximate surface area is 170 Å². The van der Waals surface area contributed by atoms with E-state index < -0.39 is 0 Å². The summed E-state index contributed by atoms with van der Waals surface area (Å²) < 4.78 is 1.65. The zero-order valence-electron chi connectivity index (χ0n) is 14.0. The van der Waals surface area contributed by atoms with Gasteiger partial charge < -0.3 is 0 Å². The second-order valence-electron chi connectivity index (χ2n) is 5.93. The van der Waals surface area contributed by atoms with Crippen molar-refractivity contribution in [3.8, 4) is 0 Å². The summed E-state index contributed by atoms with van der Waals surface area (Å²) >= 11 is 11.7. The Balaban J connectivity index is 1.66. The van der Waals surface area contributed by atoms with Gasteiger partial charge in [-0.2, -0.15) is 5.10 Å². The first kappa shape index (κ1) is 18.0. The molecule has 0 atom stereocenters. The predicted octanol–water partition coefficient (Wildman–Crippen LogP) is 4.77. The van der Waals surface area contributed by atoms with Crippen molar-refractivity contribution < 1.29 is 0 Å². The SMILES string of the molecule is O=c1sc(C=C2C=NN=C2c2ccccc2)c(S)n1Cc1ccc(Cl)cc1. The summed E-state index contributed by atoms with van der Waals surface area (Å²) in [6, 6.07) is 17.3. The van der Waals surface area contributed by atoms with Crippen molar-refractivity contribution in [1.29, 1.82) is 0 Å². The van der Waals surface area contributed by atoms with Crippen molar-refractivity contribution in [2.45, 2.75) is 11.6 Å². The summed E-state index contributed by atoms with van der Waals surface area (Å²) in [5, 5.41) is 9.54. The van der Waals surface area contributed by atoms with E-state index in [9.17, 15) is 4.79 Å². The minimum absolute atomic E-state index is 0.0602. The van der Waals surface area contributed by atoms with Gasteiger partial charge in [0, 0.05) is 16.2 Å². The molecule has 134 valence electrons. The number of halogens is 1. The van der Waals surface area contributed by atoms with E-state index in [4.69, 9.17) is 11.6 Å². The molecule has 1 aromatic heterocycles.